The number of aromatic nitrogens is 3. The van der Waals surface area contributed by atoms with Crippen LogP contribution in [0.15, 0.2) is 61.1 Å². The Hall–Kier alpha value is -3.42. The summed E-state index contributed by atoms with van der Waals surface area (Å²) >= 11 is 5.94. The molecule has 0 saturated heterocycles. The summed E-state index contributed by atoms with van der Waals surface area (Å²) in [5.74, 6) is 0.886. The van der Waals surface area contributed by atoms with E-state index in [2.05, 4.69) is 68.7 Å². The number of nitrogens with zero attached hydrogens (tertiary/aromatic N) is 3. The Kier molecular flexibility index (Phi) is 10.9. The van der Waals surface area contributed by atoms with Crippen molar-refractivity contribution in [2.24, 2.45) is 0 Å². The number of aldehydes is 1. The second-order valence-corrected chi connectivity index (χ2v) is 9.14. The molecule has 0 amide bonds. The highest BCUT2D eigenvalue weighted by atomic mass is 35.5. The highest BCUT2D eigenvalue weighted by molar-refractivity contribution is 6.30. The number of H-pyrrole nitrogens is 1. The van der Waals surface area contributed by atoms with Gasteiger partial charge in [0.25, 0.3) is 0 Å². The van der Waals surface area contributed by atoms with Gasteiger partial charge in [0, 0.05) is 30.0 Å². The molecular weight excluding hydrogens is 484 g/mol. The zero-order chi connectivity index (χ0) is 26.6. The Morgan fingerprint density at radius 1 is 1.16 bits per heavy atom. The molecule has 1 aliphatic heterocycles. The van der Waals surface area contributed by atoms with Crippen LogP contribution in [0.4, 0.5) is 11.5 Å². The molecule has 8 heteroatoms. The van der Waals surface area contributed by atoms with Crippen molar-refractivity contribution >= 4 is 40.4 Å². The van der Waals surface area contributed by atoms with Crippen LogP contribution in [-0.4, -0.2) is 46.3 Å². The van der Waals surface area contributed by atoms with Crippen LogP contribution in [0.1, 0.15) is 49.9 Å². The number of likely N-dealkylation sites (N-methyl/N-ethyl adjacent to an activating group) is 1. The Morgan fingerprint density at radius 3 is 2.76 bits per heavy atom. The zero-order valence-corrected chi connectivity index (χ0v) is 22.8. The number of aromatic amines is 1. The van der Waals surface area contributed by atoms with Gasteiger partial charge >= 0.3 is 0 Å². The lowest BCUT2D eigenvalue weighted by Crippen LogP contribution is -2.34. The summed E-state index contributed by atoms with van der Waals surface area (Å²) in [6.45, 7) is 8.41. The average molecular weight is 521 g/mol. The molecule has 0 aliphatic carbocycles. The van der Waals surface area contributed by atoms with Crippen LogP contribution in [0.25, 0.3) is 11.0 Å². The number of fused-ring (bicyclic) bond motifs is 2. The molecule has 0 bridgehead atoms. The van der Waals surface area contributed by atoms with Gasteiger partial charge < -0.3 is 20.4 Å². The molecule has 5 rings (SSSR count). The first-order valence-corrected chi connectivity index (χ1v) is 13.2. The number of hydrogen-bond donors (Lipinski definition) is 3. The van der Waals surface area contributed by atoms with Gasteiger partial charge in [-0.05, 0) is 54.4 Å². The molecular formula is C29H37ClN6O. The largest absolute Gasteiger partial charge is 0.378 e. The molecule has 196 valence electrons. The molecule has 0 spiro atoms. The minimum Gasteiger partial charge on any atom is -0.378 e. The monoisotopic (exact) mass is 520 g/mol. The molecule has 2 aromatic carbocycles. The van der Waals surface area contributed by atoms with Gasteiger partial charge in [0.15, 0.2) is 0 Å². The first-order valence-electron chi connectivity index (χ1n) is 12.8. The van der Waals surface area contributed by atoms with Crippen LogP contribution >= 0.6 is 11.6 Å². The molecule has 1 atom stereocenters. The summed E-state index contributed by atoms with van der Waals surface area (Å²) in [5.41, 5.74) is 5.72. The van der Waals surface area contributed by atoms with Crippen molar-refractivity contribution in [3.63, 3.8) is 0 Å². The van der Waals surface area contributed by atoms with E-state index in [-0.39, 0.29) is 6.04 Å². The Bertz CT molecular complexity index is 1270. The van der Waals surface area contributed by atoms with E-state index in [4.69, 9.17) is 11.6 Å². The number of halogens is 1. The third kappa shape index (κ3) is 7.78. The number of anilines is 2. The first-order chi connectivity index (χ1) is 18.1. The van der Waals surface area contributed by atoms with Crippen molar-refractivity contribution in [1.82, 2.24) is 19.9 Å². The van der Waals surface area contributed by atoms with Gasteiger partial charge in [0.1, 0.15) is 24.1 Å². The molecule has 3 heterocycles. The number of rotatable bonds is 7. The molecule has 37 heavy (non-hydrogen) atoms. The summed E-state index contributed by atoms with van der Waals surface area (Å²) in [6, 6.07) is 16.7. The number of nitrogens with one attached hydrogen (secondary N) is 3. The van der Waals surface area contributed by atoms with Crippen molar-refractivity contribution in [3.05, 3.63) is 82.8 Å². The van der Waals surface area contributed by atoms with E-state index in [1.165, 1.54) is 16.7 Å². The first kappa shape index (κ1) is 28.2. The van der Waals surface area contributed by atoms with Gasteiger partial charge in [-0.25, -0.2) is 9.97 Å². The van der Waals surface area contributed by atoms with Gasteiger partial charge in [-0.3, -0.25) is 4.90 Å². The number of aryl methyl sites for hydroxylation is 1. The second-order valence-electron chi connectivity index (χ2n) is 8.70. The average Bonchev–Trinajstić information content (AvgIpc) is 3.39. The highest BCUT2D eigenvalue weighted by Crippen LogP contribution is 2.30. The lowest BCUT2D eigenvalue weighted by atomic mass is 9.95. The van der Waals surface area contributed by atoms with Gasteiger partial charge in [0.2, 0.25) is 0 Å². The van der Waals surface area contributed by atoms with Gasteiger partial charge in [-0.2, -0.15) is 0 Å². The minimum absolute atomic E-state index is 0.243. The predicted molar refractivity (Wildman–Crippen MR) is 154 cm³/mol. The van der Waals surface area contributed by atoms with Crippen LogP contribution in [0, 0.1) is 0 Å². The standard InChI is InChI=1S/C16H17N5.C11H14ClNO.C2H6/c1-21-8-11-4-2-3-5-12(11)14(9-21)20-16-13-6-7-17-15(13)18-10-19-16;1-2-3-9-6-10(12)8-11(7-9)13-4-5-14;1-2/h2-7,10,14H,8-9H2,1H3,(H2,17,18,19,20);5-8,13H,2-4H2,1H3;1-2H3. The Morgan fingerprint density at radius 2 is 1.97 bits per heavy atom. The van der Waals surface area contributed by atoms with Crippen molar-refractivity contribution in [1.29, 1.82) is 0 Å². The molecule has 4 aromatic rings. The lowest BCUT2D eigenvalue weighted by Gasteiger charge is -2.33. The fourth-order valence-corrected chi connectivity index (χ4v) is 4.66. The number of benzene rings is 2. The number of carbonyl (C=O) groups is 1. The van der Waals surface area contributed by atoms with Crippen LogP contribution in [-0.2, 0) is 17.8 Å². The van der Waals surface area contributed by atoms with E-state index in [9.17, 15) is 4.79 Å². The molecule has 1 aliphatic rings. The number of hydrogen-bond acceptors (Lipinski definition) is 6. The molecule has 0 fully saturated rings. The maximum absolute atomic E-state index is 10.2. The maximum atomic E-state index is 10.2. The summed E-state index contributed by atoms with van der Waals surface area (Å²) in [4.78, 5) is 24.3. The van der Waals surface area contributed by atoms with Crippen LogP contribution in [0.3, 0.4) is 0 Å². The van der Waals surface area contributed by atoms with Crippen molar-refractivity contribution in [2.45, 2.75) is 46.2 Å². The Balaban J connectivity index is 0.000000208. The fraction of sp³-hybridized carbons (Fsp3) is 0.345. The van der Waals surface area contributed by atoms with E-state index in [0.717, 1.165) is 54.8 Å². The third-order valence-electron chi connectivity index (χ3n) is 5.92. The van der Waals surface area contributed by atoms with E-state index >= 15 is 0 Å². The summed E-state index contributed by atoms with van der Waals surface area (Å²) in [5, 5.41) is 8.31. The smallest absolute Gasteiger partial charge is 0.142 e. The normalized spacial score (nSPS) is 14.5. The van der Waals surface area contributed by atoms with E-state index in [1.807, 2.05) is 44.3 Å². The molecule has 0 saturated carbocycles. The zero-order valence-electron chi connectivity index (χ0n) is 22.1. The van der Waals surface area contributed by atoms with Crippen LogP contribution in [0.2, 0.25) is 5.02 Å². The third-order valence-corrected chi connectivity index (χ3v) is 6.13. The van der Waals surface area contributed by atoms with Gasteiger partial charge in [-0.1, -0.05) is 63.1 Å². The minimum atomic E-state index is 0.243. The Labute approximate surface area is 224 Å². The fourth-order valence-electron chi connectivity index (χ4n) is 4.40. The summed E-state index contributed by atoms with van der Waals surface area (Å²) in [7, 11) is 2.15. The number of carbonyl (C=O) groups excluding carboxylic acids is 1. The summed E-state index contributed by atoms with van der Waals surface area (Å²) in [6.07, 6.45) is 6.43. The van der Waals surface area contributed by atoms with Gasteiger partial charge in [0.05, 0.1) is 18.0 Å². The molecule has 7 nitrogen and oxygen atoms in total. The summed E-state index contributed by atoms with van der Waals surface area (Å²) < 4.78 is 0. The lowest BCUT2D eigenvalue weighted by molar-refractivity contribution is -0.106. The molecule has 1 unspecified atom stereocenters. The van der Waals surface area contributed by atoms with E-state index in [1.54, 1.807) is 6.33 Å². The SMILES string of the molecule is CC.CCCc1cc(Cl)cc(NCC=O)c1.CN1Cc2ccccc2C(Nc2ncnc3[nH]ccc23)C1. The predicted octanol–water partition coefficient (Wildman–Crippen LogP) is 6.49. The second kappa shape index (κ2) is 14.4. The van der Waals surface area contributed by atoms with Gasteiger partial charge in [-0.15, -0.1) is 0 Å². The van der Waals surface area contributed by atoms with E-state index < -0.39 is 0 Å². The van der Waals surface area contributed by atoms with Crippen LogP contribution in [0.5, 0.6) is 0 Å². The van der Waals surface area contributed by atoms with E-state index in [0.29, 0.717) is 11.6 Å². The van der Waals surface area contributed by atoms with Crippen molar-refractivity contribution < 1.29 is 4.79 Å². The maximum Gasteiger partial charge on any atom is 0.142 e. The molecule has 3 N–H and O–H groups in total. The quantitative estimate of drug-likeness (QED) is 0.242. The molecule has 2 aromatic heterocycles. The highest BCUT2D eigenvalue weighted by Gasteiger charge is 2.23. The van der Waals surface area contributed by atoms with Crippen LogP contribution < -0.4 is 10.6 Å². The van der Waals surface area contributed by atoms with Crippen molar-refractivity contribution in [3.8, 4) is 0 Å². The molecule has 0 radical (unpaired) electrons. The van der Waals surface area contributed by atoms with Crippen molar-refractivity contribution in [2.75, 3.05) is 30.8 Å². The topological polar surface area (TPSA) is 85.9 Å².